The highest BCUT2D eigenvalue weighted by Crippen LogP contribution is 2.55. The van der Waals surface area contributed by atoms with Gasteiger partial charge in [0.25, 0.3) is 13.4 Å². The zero-order valence-electron chi connectivity index (χ0n) is 25.8. The van der Waals surface area contributed by atoms with Gasteiger partial charge in [0.2, 0.25) is 0 Å². The molecule has 12 rings (SSSR count). The van der Waals surface area contributed by atoms with Crippen molar-refractivity contribution in [1.29, 1.82) is 0 Å². The number of nitrogens with zero attached hydrogens (tertiary/aromatic N) is 3. The molecule has 5 aliphatic rings. The lowest BCUT2D eigenvalue weighted by molar-refractivity contribution is 0.478. The molecule has 0 saturated carbocycles. The Morgan fingerprint density at radius 2 is 0.792 bits per heavy atom. The van der Waals surface area contributed by atoms with Gasteiger partial charge in [-0.15, -0.1) is 0 Å². The van der Waals surface area contributed by atoms with Crippen molar-refractivity contribution in [1.82, 2.24) is 0 Å². The second-order valence-electron chi connectivity index (χ2n) is 13.2. The van der Waals surface area contributed by atoms with Gasteiger partial charge in [0.05, 0.1) is 11.4 Å². The van der Waals surface area contributed by atoms with Crippen molar-refractivity contribution in [2.75, 3.05) is 14.7 Å². The zero-order valence-corrected chi connectivity index (χ0v) is 25.8. The number of para-hydroxylation sites is 6. The Labute approximate surface area is 279 Å². The summed E-state index contributed by atoms with van der Waals surface area (Å²) in [4.78, 5) is 7.55. The summed E-state index contributed by atoms with van der Waals surface area (Å²) in [5, 5.41) is 0. The van der Waals surface area contributed by atoms with Crippen LogP contribution in [-0.2, 0) is 0 Å². The minimum absolute atomic E-state index is 0.0565. The fourth-order valence-electron chi connectivity index (χ4n) is 9.29. The SMILES string of the molecule is c1ccc(N2c3ccccc3B3c4cccc5c4N4c6c(cccc6B6c7ccccc7N(c7ccccc7)c7cc2c3c4c76)O5)cc1. The number of benzene rings is 7. The topological polar surface area (TPSA) is 19.0 Å². The van der Waals surface area contributed by atoms with Crippen LogP contribution in [0.25, 0.3) is 0 Å². The van der Waals surface area contributed by atoms with Crippen LogP contribution in [0.1, 0.15) is 0 Å². The van der Waals surface area contributed by atoms with Crippen molar-refractivity contribution in [2.45, 2.75) is 0 Å². The summed E-state index contributed by atoms with van der Waals surface area (Å²) in [7, 11) is 0. The maximum absolute atomic E-state index is 6.83. The van der Waals surface area contributed by atoms with Crippen molar-refractivity contribution < 1.29 is 4.74 Å². The summed E-state index contributed by atoms with van der Waals surface area (Å²) in [6, 6.07) is 55.4. The van der Waals surface area contributed by atoms with E-state index >= 15 is 0 Å². The average molecular weight is 609 g/mol. The average Bonchev–Trinajstić information content (AvgIpc) is 3.15. The number of hydrogen-bond acceptors (Lipinski definition) is 4. The van der Waals surface area contributed by atoms with Crippen LogP contribution >= 0.6 is 0 Å². The number of hydrogen-bond donors (Lipinski definition) is 0. The molecule has 0 aliphatic carbocycles. The number of anilines is 9. The Balaban J connectivity index is 1.30. The molecule has 48 heavy (non-hydrogen) atoms. The monoisotopic (exact) mass is 609 g/mol. The first-order valence-corrected chi connectivity index (χ1v) is 16.7. The van der Waals surface area contributed by atoms with Gasteiger partial charge in [0.1, 0.15) is 0 Å². The Morgan fingerprint density at radius 3 is 1.29 bits per heavy atom. The summed E-state index contributed by atoms with van der Waals surface area (Å²) in [5.74, 6) is 1.83. The minimum Gasteiger partial charge on any atom is -0.453 e. The lowest BCUT2D eigenvalue weighted by Gasteiger charge is -2.52. The smallest absolute Gasteiger partial charge is 0.252 e. The van der Waals surface area contributed by atoms with Gasteiger partial charge in [-0.2, -0.15) is 0 Å². The van der Waals surface area contributed by atoms with Crippen molar-refractivity contribution in [3.63, 3.8) is 0 Å². The van der Waals surface area contributed by atoms with E-state index in [4.69, 9.17) is 4.74 Å². The van der Waals surface area contributed by atoms with Crippen molar-refractivity contribution in [2.24, 2.45) is 0 Å². The molecule has 0 radical (unpaired) electrons. The normalized spacial score (nSPS) is 14.6. The molecule has 4 nitrogen and oxygen atoms in total. The third kappa shape index (κ3) is 2.91. The van der Waals surface area contributed by atoms with Gasteiger partial charge in [0.15, 0.2) is 11.5 Å². The zero-order chi connectivity index (χ0) is 31.1. The van der Waals surface area contributed by atoms with Crippen LogP contribution in [0.15, 0.2) is 152 Å². The van der Waals surface area contributed by atoms with E-state index in [0.717, 1.165) is 22.9 Å². The predicted molar refractivity (Wildman–Crippen MR) is 200 cm³/mol. The number of ether oxygens (including phenoxy) is 1. The van der Waals surface area contributed by atoms with E-state index in [1.54, 1.807) is 0 Å². The molecule has 220 valence electrons. The molecule has 0 N–H and O–H groups in total. The van der Waals surface area contributed by atoms with Gasteiger partial charge in [-0.25, -0.2) is 0 Å². The Kier molecular flexibility index (Phi) is 4.59. The molecule has 5 heterocycles. The third-order valence-corrected chi connectivity index (χ3v) is 11.0. The molecule has 0 spiro atoms. The van der Waals surface area contributed by atoms with E-state index in [1.165, 1.54) is 72.6 Å². The van der Waals surface area contributed by atoms with Crippen LogP contribution in [0.4, 0.5) is 51.2 Å². The number of fused-ring (bicyclic) bond motifs is 6. The highest BCUT2D eigenvalue weighted by atomic mass is 16.5. The van der Waals surface area contributed by atoms with Crippen LogP contribution in [0.2, 0.25) is 0 Å². The van der Waals surface area contributed by atoms with Gasteiger partial charge >= 0.3 is 0 Å². The first-order chi connectivity index (χ1) is 23.9. The molecule has 5 aliphatic heterocycles. The Bertz CT molecular complexity index is 2370. The summed E-state index contributed by atoms with van der Waals surface area (Å²) < 4.78 is 6.83. The van der Waals surface area contributed by atoms with Gasteiger partial charge in [-0.3, -0.25) is 0 Å². The molecule has 0 bridgehead atoms. The van der Waals surface area contributed by atoms with Crippen molar-refractivity contribution >= 4 is 97.4 Å². The maximum Gasteiger partial charge on any atom is 0.252 e. The molecular formula is C42H25B2N3O. The van der Waals surface area contributed by atoms with Crippen LogP contribution < -0.4 is 52.2 Å². The molecule has 0 fully saturated rings. The van der Waals surface area contributed by atoms with Gasteiger partial charge in [0, 0.05) is 39.8 Å². The summed E-state index contributed by atoms with van der Waals surface area (Å²) in [5.41, 5.74) is 18.8. The summed E-state index contributed by atoms with van der Waals surface area (Å²) in [6.45, 7) is 0.113. The van der Waals surface area contributed by atoms with E-state index in [9.17, 15) is 0 Å². The summed E-state index contributed by atoms with van der Waals surface area (Å²) in [6.07, 6.45) is 0. The van der Waals surface area contributed by atoms with E-state index in [2.05, 4.69) is 166 Å². The molecule has 0 amide bonds. The highest BCUT2D eigenvalue weighted by Gasteiger charge is 2.53. The predicted octanol–water partition coefficient (Wildman–Crippen LogP) is 6.49. The lowest BCUT2D eigenvalue weighted by Crippen LogP contribution is -2.69. The molecule has 7 aromatic carbocycles. The lowest BCUT2D eigenvalue weighted by atomic mass is 9.28. The van der Waals surface area contributed by atoms with Crippen molar-refractivity contribution in [3.05, 3.63) is 152 Å². The van der Waals surface area contributed by atoms with Crippen LogP contribution in [0.5, 0.6) is 11.5 Å². The largest absolute Gasteiger partial charge is 0.453 e. The fraction of sp³-hybridized carbons (Fsp3) is 0. The van der Waals surface area contributed by atoms with Crippen LogP contribution in [0.3, 0.4) is 0 Å². The molecule has 0 aromatic heterocycles. The van der Waals surface area contributed by atoms with Crippen LogP contribution in [0, 0.1) is 0 Å². The van der Waals surface area contributed by atoms with E-state index in [1.807, 2.05) is 0 Å². The first kappa shape index (κ1) is 25.0. The molecule has 0 atom stereocenters. The maximum atomic E-state index is 6.83. The van der Waals surface area contributed by atoms with Crippen molar-refractivity contribution in [3.8, 4) is 11.5 Å². The van der Waals surface area contributed by atoms with Gasteiger partial charge in [-0.05, 0) is 87.4 Å². The van der Waals surface area contributed by atoms with E-state index in [-0.39, 0.29) is 13.4 Å². The second kappa shape index (κ2) is 8.81. The quantitative estimate of drug-likeness (QED) is 0.209. The molecule has 7 aromatic rings. The molecule has 0 saturated heterocycles. The van der Waals surface area contributed by atoms with E-state index in [0.29, 0.717) is 0 Å². The van der Waals surface area contributed by atoms with Crippen LogP contribution in [-0.4, -0.2) is 13.4 Å². The molecule has 0 unspecified atom stereocenters. The van der Waals surface area contributed by atoms with E-state index < -0.39 is 0 Å². The highest BCUT2D eigenvalue weighted by molar-refractivity contribution is 7.05. The van der Waals surface area contributed by atoms with Gasteiger partial charge < -0.3 is 19.4 Å². The fourth-order valence-corrected chi connectivity index (χ4v) is 9.29. The number of rotatable bonds is 2. The molecular weight excluding hydrogens is 584 g/mol. The Morgan fingerprint density at radius 1 is 0.354 bits per heavy atom. The molecule has 6 heteroatoms. The van der Waals surface area contributed by atoms with Gasteiger partial charge in [-0.1, -0.05) is 97.1 Å². The second-order valence-corrected chi connectivity index (χ2v) is 13.2. The summed E-state index contributed by atoms with van der Waals surface area (Å²) >= 11 is 0. The minimum atomic E-state index is 0.0565. The Hall–Kier alpha value is -6.13. The first-order valence-electron chi connectivity index (χ1n) is 16.7. The third-order valence-electron chi connectivity index (χ3n) is 11.0. The standard InChI is InChI=1S/C42H25B2N3O/c1-3-13-26(14-4-1)45-32-21-9-7-17-28(32)43-30-19-11-23-36-40(30)47-41-31(20-12-24-37(41)48-36)44-29-18-8-10-22-33(29)46(27-15-5-2-6-16-27)35-25-34(45)38(43)42(47)39(35)44/h1-25H.